The van der Waals surface area contributed by atoms with Crippen LogP contribution in [0.15, 0.2) is 53.1 Å². The van der Waals surface area contributed by atoms with Crippen LogP contribution in [0.5, 0.6) is 0 Å². The van der Waals surface area contributed by atoms with Crippen LogP contribution in [-0.4, -0.2) is 10.1 Å². The van der Waals surface area contributed by atoms with Gasteiger partial charge in [0.1, 0.15) is 0 Å². The second-order valence-electron chi connectivity index (χ2n) is 5.18. The fraction of sp³-hybridized carbons (Fsp3) is 0.176. The number of nitrogens with zero attached hydrogens (tertiary/aromatic N) is 2. The lowest BCUT2D eigenvalue weighted by Crippen LogP contribution is -2.11. The van der Waals surface area contributed by atoms with E-state index in [-0.39, 0.29) is 6.04 Å². The molecule has 3 aromatic rings. The lowest BCUT2D eigenvalue weighted by atomic mass is 10.1. The summed E-state index contributed by atoms with van der Waals surface area (Å²) in [6, 6.07) is 15.0. The van der Waals surface area contributed by atoms with E-state index in [1.54, 1.807) is 18.2 Å². The summed E-state index contributed by atoms with van der Waals surface area (Å²) >= 11 is 12.3. The Morgan fingerprint density at radius 2 is 1.70 bits per heavy atom. The molecule has 23 heavy (non-hydrogen) atoms. The maximum absolute atomic E-state index is 6.16. The van der Waals surface area contributed by atoms with Gasteiger partial charge in [0.05, 0.1) is 21.7 Å². The number of aromatic nitrogens is 2. The molecule has 0 aliphatic rings. The van der Waals surface area contributed by atoms with Gasteiger partial charge in [0.25, 0.3) is 0 Å². The maximum Gasteiger partial charge on any atom is 0.243 e. The molecule has 2 N–H and O–H groups in total. The Balaban J connectivity index is 1.74. The molecule has 6 heteroatoms. The Labute approximate surface area is 144 Å². The Hall–Kier alpha value is -1.88. The Kier molecular flexibility index (Phi) is 4.96. The van der Waals surface area contributed by atoms with Gasteiger partial charge in [-0.05, 0) is 30.5 Å². The Morgan fingerprint density at radius 3 is 2.39 bits per heavy atom. The van der Waals surface area contributed by atoms with E-state index in [1.165, 1.54) is 5.56 Å². The first-order valence-corrected chi connectivity index (χ1v) is 7.98. The molecule has 0 radical (unpaired) electrons. The number of hydrogen-bond donors (Lipinski definition) is 1. The fourth-order valence-corrected chi connectivity index (χ4v) is 2.86. The van der Waals surface area contributed by atoms with Gasteiger partial charge in [-0.15, -0.1) is 0 Å². The van der Waals surface area contributed by atoms with Crippen LogP contribution >= 0.6 is 23.2 Å². The highest BCUT2D eigenvalue weighted by Gasteiger charge is 2.19. The van der Waals surface area contributed by atoms with E-state index in [4.69, 9.17) is 33.5 Å². The van der Waals surface area contributed by atoms with E-state index in [2.05, 4.69) is 22.3 Å². The summed E-state index contributed by atoms with van der Waals surface area (Å²) in [6.07, 6.45) is 1.55. The van der Waals surface area contributed by atoms with Gasteiger partial charge in [0.2, 0.25) is 11.7 Å². The summed E-state index contributed by atoms with van der Waals surface area (Å²) in [7, 11) is 0. The van der Waals surface area contributed by atoms with Crippen LogP contribution in [0.25, 0.3) is 11.4 Å². The molecule has 1 atom stereocenters. The average molecular weight is 348 g/mol. The largest absolute Gasteiger partial charge is 0.337 e. The van der Waals surface area contributed by atoms with Gasteiger partial charge in [-0.3, -0.25) is 0 Å². The minimum Gasteiger partial charge on any atom is -0.337 e. The molecule has 0 amide bonds. The van der Waals surface area contributed by atoms with E-state index < -0.39 is 0 Å². The van der Waals surface area contributed by atoms with Gasteiger partial charge in [-0.1, -0.05) is 64.8 Å². The molecule has 4 nitrogen and oxygen atoms in total. The first kappa shape index (κ1) is 16.0. The van der Waals surface area contributed by atoms with Gasteiger partial charge in [0.15, 0.2) is 0 Å². The Morgan fingerprint density at radius 1 is 1.00 bits per heavy atom. The quantitative estimate of drug-likeness (QED) is 0.727. The van der Waals surface area contributed by atoms with Gasteiger partial charge in [0, 0.05) is 0 Å². The first-order valence-electron chi connectivity index (χ1n) is 7.22. The molecule has 0 unspecified atom stereocenters. The summed E-state index contributed by atoms with van der Waals surface area (Å²) in [6.45, 7) is 0. The molecule has 0 saturated carbocycles. The van der Waals surface area contributed by atoms with Crippen molar-refractivity contribution in [1.29, 1.82) is 0 Å². The highest BCUT2D eigenvalue weighted by atomic mass is 35.5. The second-order valence-corrected chi connectivity index (χ2v) is 6.00. The highest BCUT2D eigenvalue weighted by Crippen LogP contribution is 2.33. The van der Waals surface area contributed by atoms with Crippen molar-refractivity contribution in [3.63, 3.8) is 0 Å². The van der Waals surface area contributed by atoms with Crippen LogP contribution < -0.4 is 5.73 Å². The molecule has 0 aliphatic heterocycles. The van der Waals surface area contributed by atoms with Crippen molar-refractivity contribution >= 4 is 23.2 Å². The van der Waals surface area contributed by atoms with Crippen LogP contribution in [0.1, 0.15) is 23.9 Å². The van der Waals surface area contributed by atoms with Crippen LogP contribution in [0.2, 0.25) is 10.0 Å². The molecule has 118 valence electrons. The summed E-state index contributed by atoms with van der Waals surface area (Å²) < 4.78 is 5.28. The van der Waals surface area contributed by atoms with Crippen molar-refractivity contribution < 1.29 is 4.52 Å². The molecule has 0 spiro atoms. The van der Waals surface area contributed by atoms with E-state index >= 15 is 0 Å². The molecule has 1 heterocycles. The monoisotopic (exact) mass is 347 g/mol. The van der Waals surface area contributed by atoms with Crippen LogP contribution in [0.4, 0.5) is 0 Å². The third-order valence-corrected chi connectivity index (χ3v) is 4.16. The van der Waals surface area contributed by atoms with E-state index in [9.17, 15) is 0 Å². The van der Waals surface area contributed by atoms with E-state index in [1.807, 2.05) is 18.2 Å². The molecular weight excluding hydrogens is 333 g/mol. The highest BCUT2D eigenvalue weighted by molar-refractivity contribution is 6.38. The van der Waals surface area contributed by atoms with Crippen LogP contribution in [0.3, 0.4) is 0 Å². The minimum atomic E-state index is -0.335. The third kappa shape index (κ3) is 3.72. The van der Waals surface area contributed by atoms with Crippen LogP contribution in [-0.2, 0) is 6.42 Å². The topological polar surface area (TPSA) is 64.9 Å². The standard InChI is InChI=1S/C17H15Cl2N3O/c18-12-7-4-8-13(19)15(12)16-21-17(23-22-16)14(20)10-9-11-5-2-1-3-6-11/h1-8,14H,9-10,20H2/t14-/m1/s1. The minimum absolute atomic E-state index is 0.335. The second kappa shape index (κ2) is 7.13. The van der Waals surface area contributed by atoms with Gasteiger partial charge in [-0.25, -0.2) is 0 Å². The number of rotatable bonds is 5. The smallest absolute Gasteiger partial charge is 0.243 e. The average Bonchev–Trinajstić information content (AvgIpc) is 3.03. The molecular formula is C17H15Cl2N3O. The zero-order chi connectivity index (χ0) is 16.2. The Bertz CT molecular complexity index is 769. The van der Waals surface area contributed by atoms with Crippen molar-refractivity contribution in [3.05, 3.63) is 70.0 Å². The molecule has 2 aromatic carbocycles. The van der Waals surface area contributed by atoms with Gasteiger partial charge in [-0.2, -0.15) is 4.98 Å². The van der Waals surface area contributed by atoms with Crippen molar-refractivity contribution in [1.82, 2.24) is 10.1 Å². The number of benzene rings is 2. The van der Waals surface area contributed by atoms with Crippen molar-refractivity contribution in [2.45, 2.75) is 18.9 Å². The number of halogens is 2. The zero-order valence-corrected chi connectivity index (χ0v) is 13.8. The fourth-order valence-electron chi connectivity index (χ4n) is 2.29. The number of hydrogen-bond acceptors (Lipinski definition) is 4. The summed E-state index contributed by atoms with van der Waals surface area (Å²) in [5.41, 5.74) is 7.92. The van der Waals surface area contributed by atoms with Crippen LogP contribution in [0, 0.1) is 0 Å². The van der Waals surface area contributed by atoms with Crippen molar-refractivity contribution in [2.75, 3.05) is 0 Å². The SMILES string of the molecule is N[C@H](CCc1ccccc1)c1nc(-c2c(Cl)cccc2Cl)no1. The van der Waals surface area contributed by atoms with E-state index in [0.717, 1.165) is 6.42 Å². The maximum atomic E-state index is 6.16. The molecule has 0 saturated heterocycles. The zero-order valence-electron chi connectivity index (χ0n) is 12.2. The number of nitrogens with two attached hydrogens (primary N) is 1. The molecule has 0 bridgehead atoms. The first-order chi connectivity index (χ1) is 11.1. The van der Waals surface area contributed by atoms with Gasteiger partial charge < -0.3 is 10.3 Å². The third-order valence-electron chi connectivity index (χ3n) is 3.53. The van der Waals surface area contributed by atoms with Crippen molar-refractivity contribution in [2.24, 2.45) is 5.73 Å². The predicted octanol–water partition coefficient (Wildman–Crippen LogP) is 4.68. The molecule has 0 fully saturated rings. The summed E-state index contributed by atoms with van der Waals surface area (Å²) in [5.74, 6) is 0.734. The molecule has 3 rings (SSSR count). The number of aryl methyl sites for hydroxylation is 1. The predicted molar refractivity (Wildman–Crippen MR) is 91.4 cm³/mol. The van der Waals surface area contributed by atoms with Crippen molar-refractivity contribution in [3.8, 4) is 11.4 Å². The van der Waals surface area contributed by atoms with Gasteiger partial charge >= 0.3 is 0 Å². The molecule has 1 aromatic heterocycles. The summed E-state index contributed by atoms with van der Waals surface area (Å²) in [5, 5.41) is 4.90. The normalized spacial score (nSPS) is 12.3. The molecule has 0 aliphatic carbocycles. The van der Waals surface area contributed by atoms with E-state index in [0.29, 0.717) is 33.7 Å². The summed E-state index contributed by atoms with van der Waals surface area (Å²) in [4.78, 5) is 4.34. The lowest BCUT2D eigenvalue weighted by molar-refractivity contribution is 0.349. The lowest BCUT2D eigenvalue weighted by Gasteiger charge is -2.06.